The van der Waals surface area contributed by atoms with Gasteiger partial charge < -0.3 is 10.2 Å². The van der Waals surface area contributed by atoms with Crippen LogP contribution in [0.1, 0.15) is 49.3 Å². The molecule has 3 aromatic carbocycles. The van der Waals surface area contributed by atoms with Crippen molar-refractivity contribution in [2.24, 2.45) is 0 Å². The Labute approximate surface area is 242 Å². The first-order chi connectivity index (χ1) is 19.1. The molecule has 40 heavy (non-hydrogen) atoms. The highest BCUT2D eigenvalue weighted by Gasteiger charge is 2.34. The predicted octanol–water partition coefficient (Wildman–Crippen LogP) is 5.63. The van der Waals surface area contributed by atoms with Gasteiger partial charge in [-0.15, -0.1) is 0 Å². The van der Waals surface area contributed by atoms with Gasteiger partial charge in [0.25, 0.3) is 10.0 Å². The summed E-state index contributed by atoms with van der Waals surface area (Å²) >= 11 is 6.28. The molecule has 4 rings (SSSR count). The fourth-order valence-electron chi connectivity index (χ4n) is 5.07. The molecule has 0 spiro atoms. The van der Waals surface area contributed by atoms with E-state index in [2.05, 4.69) is 5.32 Å². The van der Waals surface area contributed by atoms with Gasteiger partial charge in [-0.2, -0.15) is 0 Å². The molecule has 9 heteroatoms. The molecule has 212 valence electrons. The zero-order valence-electron chi connectivity index (χ0n) is 23.1. The number of aryl methyl sites for hydroxylation is 2. The van der Waals surface area contributed by atoms with Crippen molar-refractivity contribution >= 4 is 39.1 Å². The predicted molar refractivity (Wildman–Crippen MR) is 159 cm³/mol. The van der Waals surface area contributed by atoms with Crippen LogP contribution in [0, 0.1) is 13.8 Å². The summed E-state index contributed by atoms with van der Waals surface area (Å²) < 4.78 is 28.9. The Morgan fingerprint density at radius 3 is 2.35 bits per heavy atom. The summed E-state index contributed by atoms with van der Waals surface area (Å²) in [7, 11) is -4.14. The van der Waals surface area contributed by atoms with Gasteiger partial charge in [0.15, 0.2) is 0 Å². The standard InChI is InChI=1S/C31H36ClN3O4S/c1-22-10-9-11-25(18-22)20-34(24(3)31(37)33-27-12-7-8-13-27)30(36)21-35(29-19-26(32)17-16-23(29)2)40(38,39)28-14-5-4-6-15-28/h4-6,9-11,14-19,24,27H,7-8,12-13,20-21H2,1-3H3,(H,33,37). The molecule has 0 aliphatic heterocycles. The number of anilines is 1. The molecule has 0 aromatic heterocycles. The van der Waals surface area contributed by atoms with Crippen LogP contribution < -0.4 is 9.62 Å². The molecule has 1 aliphatic carbocycles. The SMILES string of the molecule is Cc1cccc(CN(C(=O)CN(c2cc(Cl)ccc2C)S(=O)(=O)c2ccccc2)C(C)C(=O)NC2CCCC2)c1. The van der Waals surface area contributed by atoms with Gasteiger partial charge in [0.05, 0.1) is 10.6 Å². The Hall–Kier alpha value is -3.36. The van der Waals surface area contributed by atoms with Gasteiger partial charge in [-0.3, -0.25) is 13.9 Å². The van der Waals surface area contributed by atoms with E-state index in [4.69, 9.17) is 11.6 Å². The first kappa shape index (κ1) is 29.6. The van der Waals surface area contributed by atoms with Crippen molar-refractivity contribution in [1.82, 2.24) is 10.2 Å². The Kier molecular flexibility index (Phi) is 9.53. The van der Waals surface area contributed by atoms with E-state index >= 15 is 0 Å². The smallest absolute Gasteiger partial charge is 0.264 e. The van der Waals surface area contributed by atoms with Crippen LogP contribution in [0.15, 0.2) is 77.7 Å². The van der Waals surface area contributed by atoms with Crippen LogP contribution in [0.3, 0.4) is 0 Å². The zero-order chi connectivity index (χ0) is 28.9. The number of sulfonamides is 1. The molecule has 1 fully saturated rings. The van der Waals surface area contributed by atoms with Gasteiger partial charge in [-0.05, 0) is 69.0 Å². The lowest BCUT2D eigenvalue weighted by Crippen LogP contribution is -2.52. The summed E-state index contributed by atoms with van der Waals surface area (Å²) in [6.07, 6.45) is 3.97. The van der Waals surface area contributed by atoms with E-state index < -0.39 is 28.5 Å². The van der Waals surface area contributed by atoms with E-state index in [-0.39, 0.29) is 23.4 Å². The van der Waals surface area contributed by atoms with E-state index in [0.29, 0.717) is 16.3 Å². The normalized spacial score (nSPS) is 14.5. The monoisotopic (exact) mass is 581 g/mol. The Balaban J connectivity index is 1.71. The minimum absolute atomic E-state index is 0.0550. The Morgan fingerprint density at radius 1 is 0.975 bits per heavy atom. The molecule has 1 N–H and O–H groups in total. The largest absolute Gasteiger partial charge is 0.352 e. The van der Waals surface area contributed by atoms with Crippen LogP contribution in [-0.2, 0) is 26.2 Å². The summed E-state index contributed by atoms with van der Waals surface area (Å²) in [5, 5.41) is 3.44. The number of halogens is 1. The first-order valence-electron chi connectivity index (χ1n) is 13.6. The van der Waals surface area contributed by atoms with Gasteiger partial charge in [-0.25, -0.2) is 8.42 Å². The Morgan fingerprint density at radius 2 is 1.68 bits per heavy atom. The molecule has 1 aliphatic rings. The number of nitrogens with zero attached hydrogens (tertiary/aromatic N) is 2. The number of rotatable bonds is 10. The molecule has 0 heterocycles. The third-order valence-corrected chi connectivity index (χ3v) is 9.36. The number of hydrogen-bond acceptors (Lipinski definition) is 4. The second kappa shape index (κ2) is 12.9. The maximum absolute atomic E-state index is 14.1. The zero-order valence-corrected chi connectivity index (χ0v) is 24.7. The van der Waals surface area contributed by atoms with Gasteiger partial charge in [0.2, 0.25) is 11.8 Å². The van der Waals surface area contributed by atoms with Crippen molar-refractivity contribution in [3.8, 4) is 0 Å². The highest BCUT2D eigenvalue weighted by molar-refractivity contribution is 7.92. The molecule has 1 unspecified atom stereocenters. The highest BCUT2D eigenvalue weighted by atomic mass is 35.5. The van der Waals surface area contributed by atoms with Crippen molar-refractivity contribution in [2.45, 2.75) is 70.0 Å². The second-order valence-electron chi connectivity index (χ2n) is 10.4. The molecule has 0 bridgehead atoms. The maximum Gasteiger partial charge on any atom is 0.264 e. The fourth-order valence-corrected chi connectivity index (χ4v) is 6.72. The molecule has 1 atom stereocenters. The van der Waals surface area contributed by atoms with Crippen LogP contribution in [0.25, 0.3) is 0 Å². The lowest BCUT2D eigenvalue weighted by Gasteiger charge is -2.33. The second-order valence-corrected chi connectivity index (χ2v) is 12.7. The lowest BCUT2D eigenvalue weighted by molar-refractivity contribution is -0.139. The molecule has 2 amide bonds. The molecule has 0 saturated heterocycles. The third kappa shape index (κ3) is 7.04. The van der Waals surface area contributed by atoms with Crippen LogP contribution in [0.5, 0.6) is 0 Å². The van der Waals surface area contributed by atoms with Crippen LogP contribution in [-0.4, -0.2) is 43.8 Å². The van der Waals surface area contributed by atoms with E-state index in [0.717, 1.165) is 41.1 Å². The first-order valence-corrected chi connectivity index (χ1v) is 15.4. The summed E-state index contributed by atoms with van der Waals surface area (Å²) in [4.78, 5) is 28.9. The number of nitrogens with one attached hydrogen (secondary N) is 1. The van der Waals surface area contributed by atoms with Crippen molar-refractivity contribution in [3.05, 3.63) is 94.5 Å². The van der Waals surface area contributed by atoms with Crippen LogP contribution >= 0.6 is 11.6 Å². The van der Waals surface area contributed by atoms with Gasteiger partial charge in [0.1, 0.15) is 12.6 Å². The number of amides is 2. The summed E-state index contributed by atoms with van der Waals surface area (Å²) in [5.41, 5.74) is 2.83. The topological polar surface area (TPSA) is 86.8 Å². The van der Waals surface area contributed by atoms with Crippen molar-refractivity contribution in [1.29, 1.82) is 0 Å². The molecular weight excluding hydrogens is 546 g/mol. The Bertz CT molecular complexity index is 1460. The molecule has 3 aromatic rings. The van der Waals surface area contributed by atoms with Crippen LogP contribution in [0.4, 0.5) is 5.69 Å². The van der Waals surface area contributed by atoms with Crippen molar-refractivity contribution in [2.75, 3.05) is 10.8 Å². The molecule has 7 nitrogen and oxygen atoms in total. The van der Waals surface area contributed by atoms with Crippen LogP contribution in [0.2, 0.25) is 5.02 Å². The molecule has 1 saturated carbocycles. The van der Waals surface area contributed by atoms with E-state index in [9.17, 15) is 18.0 Å². The summed E-state index contributed by atoms with van der Waals surface area (Å²) in [6, 6.07) is 19.9. The summed E-state index contributed by atoms with van der Waals surface area (Å²) in [6.45, 7) is 5.09. The van der Waals surface area contributed by atoms with Crippen molar-refractivity contribution in [3.63, 3.8) is 0 Å². The average Bonchev–Trinajstić information content (AvgIpc) is 3.45. The van der Waals surface area contributed by atoms with Gasteiger partial charge >= 0.3 is 0 Å². The minimum atomic E-state index is -4.14. The minimum Gasteiger partial charge on any atom is -0.352 e. The van der Waals surface area contributed by atoms with Gasteiger partial charge in [0, 0.05) is 17.6 Å². The number of carbonyl (C=O) groups is 2. The number of carbonyl (C=O) groups excluding carboxylic acids is 2. The number of hydrogen-bond donors (Lipinski definition) is 1. The quantitative estimate of drug-likeness (QED) is 0.336. The van der Waals surface area contributed by atoms with E-state index in [1.54, 1.807) is 50.2 Å². The maximum atomic E-state index is 14.1. The molecule has 0 radical (unpaired) electrons. The summed E-state index contributed by atoms with van der Waals surface area (Å²) in [5.74, 6) is -0.737. The average molecular weight is 582 g/mol. The number of benzene rings is 3. The molecular formula is C31H36ClN3O4S. The van der Waals surface area contributed by atoms with E-state index in [1.165, 1.54) is 17.0 Å². The van der Waals surface area contributed by atoms with Gasteiger partial charge in [-0.1, -0.05) is 78.5 Å². The fraction of sp³-hybridized carbons (Fsp3) is 0.355. The third-order valence-electron chi connectivity index (χ3n) is 7.35. The van der Waals surface area contributed by atoms with E-state index in [1.807, 2.05) is 31.2 Å². The lowest BCUT2D eigenvalue weighted by atomic mass is 10.1. The van der Waals surface area contributed by atoms with Crippen molar-refractivity contribution < 1.29 is 18.0 Å². The highest BCUT2D eigenvalue weighted by Crippen LogP contribution is 2.30.